The molecule has 148 valence electrons. The van der Waals surface area contributed by atoms with Crippen LogP contribution < -0.4 is 11.1 Å². The molecule has 6 nitrogen and oxygen atoms in total. The Morgan fingerprint density at radius 3 is 2.96 bits per heavy atom. The third-order valence-electron chi connectivity index (χ3n) is 4.24. The van der Waals surface area contributed by atoms with Gasteiger partial charge in [0.15, 0.2) is 0 Å². The number of rotatable bonds is 4. The second-order valence-electron chi connectivity index (χ2n) is 6.11. The number of carbonyl (C=O) groups excluding carboxylic acids is 2. The predicted octanol–water partition coefficient (Wildman–Crippen LogP) is 4.29. The number of fused-ring (bicyclic) bond motifs is 1. The minimum atomic E-state index is -0.512. The van der Waals surface area contributed by atoms with Crippen molar-refractivity contribution in [3.05, 3.63) is 51.1 Å². The summed E-state index contributed by atoms with van der Waals surface area (Å²) in [5, 5.41) is 3.52. The Balaban J connectivity index is 1.69. The van der Waals surface area contributed by atoms with Crippen LogP contribution in [0.3, 0.4) is 0 Å². The van der Waals surface area contributed by atoms with Crippen molar-refractivity contribution in [1.82, 2.24) is 4.90 Å². The SMILES string of the molecule is CCOC(=O)N1CCc2c(sc(NC(=O)/C=C/c3ccc(Cl)cc3F)c2N)C1. The Bertz CT molecular complexity index is 945. The monoisotopic (exact) mass is 423 g/mol. The largest absolute Gasteiger partial charge is 0.450 e. The van der Waals surface area contributed by atoms with Gasteiger partial charge in [0.1, 0.15) is 10.8 Å². The summed E-state index contributed by atoms with van der Waals surface area (Å²) >= 11 is 7.04. The first-order chi connectivity index (χ1) is 13.4. The quantitative estimate of drug-likeness (QED) is 0.718. The number of nitrogens with one attached hydrogen (secondary N) is 1. The van der Waals surface area contributed by atoms with Crippen LogP contribution in [0.5, 0.6) is 0 Å². The van der Waals surface area contributed by atoms with E-state index in [0.717, 1.165) is 10.4 Å². The van der Waals surface area contributed by atoms with Crippen molar-refractivity contribution in [3.8, 4) is 0 Å². The highest BCUT2D eigenvalue weighted by molar-refractivity contribution is 7.17. The van der Waals surface area contributed by atoms with E-state index in [9.17, 15) is 14.0 Å². The standard InChI is InChI=1S/C19H19ClFN3O3S/c1-2-27-19(26)24-8-7-13-15(10-24)28-18(17(13)22)23-16(25)6-4-11-3-5-12(20)9-14(11)21/h3-6,9H,2,7-8,10,22H2,1H3,(H,23,25)/b6-4+. The number of thiophene rings is 1. The molecule has 0 spiro atoms. The zero-order chi connectivity index (χ0) is 20.3. The zero-order valence-electron chi connectivity index (χ0n) is 15.1. The first-order valence-electron chi connectivity index (χ1n) is 8.64. The average Bonchev–Trinajstić information content (AvgIpc) is 2.96. The average molecular weight is 424 g/mol. The molecule has 1 aromatic heterocycles. The van der Waals surface area contributed by atoms with Crippen LogP contribution in [0.2, 0.25) is 5.02 Å². The van der Waals surface area contributed by atoms with E-state index in [2.05, 4.69) is 5.32 Å². The highest BCUT2D eigenvalue weighted by Crippen LogP contribution is 2.39. The van der Waals surface area contributed by atoms with Crippen molar-refractivity contribution >= 4 is 51.7 Å². The maximum absolute atomic E-state index is 13.8. The summed E-state index contributed by atoms with van der Waals surface area (Å²) in [7, 11) is 0. The molecule has 0 bridgehead atoms. The van der Waals surface area contributed by atoms with Gasteiger partial charge >= 0.3 is 6.09 Å². The number of amides is 2. The molecule has 2 heterocycles. The van der Waals surface area contributed by atoms with E-state index >= 15 is 0 Å². The molecule has 2 aromatic rings. The number of nitrogens with zero attached hydrogens (tertiary/aromatic N) is 1. The molecule has 9 heteroatoms. The fourth-order valence-corrected chi connectivity index (χ4v) is 4.19. The van der Waals surface area contributed by atoms with Crippen molar-refractivity contribution in [2.45, 2.75) is 19.9 Å². The second kappa shape index (κ2) is 8.62. The van der Waals surface area contributed by atoms with Crippen molar-refractivity contribution in [1.29, 1.82) is 0 Å². The zero-order valence-corrected chi connectivity index (χ0v) is 16.7. The van der Waals surface area contributed by atoms with E-state index < -0.39 is 11.7 Å². The molecule has 1 aliphatic rings. The molecular weight excluding hydrogens is 405 g/mol. The van der Waals surface area contributed by atoms with Gasteiger partial charge in [0.05, 0.1) is 18.8 Å². The summed E-state index contributed by atoms with van der Waals surface area (Å²) in [6.45, 7) is 2.98. The van der Waals surface area contributed by atoms with Gasteiger partial charge in [0.25, 0.3) is 0 Å². The molecule has 0 saturated carbocycles. The molecule has 3 rings (SSSR count). The van der Waals surface area contributed by atoms with Crippen molar-refractivity contribution < 1.29 is 18.7 Å². The number of nitrogens with two attached hydrogens (primary N) is 1. The molecule has 0 radical (unpaired) electrons. The first-order valence-corrected chi connectivity index (χ1v) is 9.84. The molecule has 0 saturated heterocycles. The normalized spacial score (nSPS) is 13.5. The molecule has 0 aliphatic carbocycles. The summed E-state index contributed by atoms with van der Waals surface area (Å²) in [5.74, 6) is -0.941. The molecular formula is C19H19ClFN3O3S. The number of ether oxygens (including phenoxy) is 1. The number of anilines is 2. The summed E-state index contributed by atoms with van der Waals surface area (Å²) in [6.07, 6.45) is 2.83. The summed E-state index contributed by atoms with van der Waals surface area (Å²) < 4.78 is 18.8. The first kappa shape index (κ1) is 20.2. The third-order valence-corrected chi connectivity index (χ3v) is 5.62. The lowest BCUT2D eigenvalue weighted by Crippen LogP contribution is -2.35. The summed E-state index contributed by atoms with van der Waals surface area (Å²) in [5.41, 5.74) is 7.86. The summed E-state index contributed by atoms with van der Waals surface area (Å²) in [6, 6.07) is 4.21. The van der Waals surface area contributed by atoms with Crippen molar-refractivity contribution in [2.75, 3.05) is 24.2 Å². The lowest BCUT2D eigenvalue weighted by Gasteiger charge is -2.26. The number of halogens is 2. The summed E-state index contributed by atoms with van der Waals surface area (Å²) in [4.78, 5) is 26.6. The Morgan fingerprint density at radius 1 is 1.46 bits per heavy atom. The minimum Gasteiger partial charge on any atom is -0.450 e. The fourth-order valence-electron chi connectivity index (χ4n) is 2.85. The van der Waals surface area contributed by atoms with Gasteiger partial charge in [-0.3, -0.25) is 4.79 Å². The fraction of sp³-hybridized carbons (Fsp3) is 0.263. The van der Waals surface area contributed by atoms with Gasteiger partial charge in [0, 0.05) is 28.1 Å². The topological polar surface area (TPSA) is 84.7 Å². The Kier molecular flexibility index (Phi) is 6.21. The van der Waals surface area contributed by atoms with Gasteiger partial charge in [0.2, 0.25) is 5.91 Å². The molecule has 1 aromatic carbocycles. The van der Waals surface area contributed by atoms with Crippen LogP contribution >= 0.6 is 22.9 Å². The van der Waals surface area contributed by atoms with Crippen LogP contribution in [0, 0.1) is 5.82 Å². The smallest absolute Gasteiger partial charge is 0.410 e. The van der Waals surface area contributed by atoms with Gasteiger partial charge in [-0.25, -0.2) is 9.18 Å². The van der Waals surface area contributed by atoms with E-state index in [4.69, 9.17) is 22.1 Å². The maximum Gasteiger partial charge on any atom is 0.410 e. The molecule has 2 amide bonds. The number of nitrogen functional groups attached to an aromatic ring is 1. The van der Waals surface area contributed by atoms with E-state index in [1.807, 2.05) is 0 Å². The van der Waals surface area contributed by atoms with Gasteiger partial charge in [-0.05, 0) is 37.1 Å². The molecule has 0 unspecified atom stereocenters. The Hall–Kier alpha value is -2.58. The number of hydrogen-bond donors (Lipinski definition) is 2. The molecule has 0 atom stereocenters. The van der Waals surface area contributed by atoms with E-state index in [1.54, 1.807) is 17.9 Å². The minimum absolute atomic E-state index is 0.253. The highest BCUT2D eigenvalue weighted by atomic mass is 35.5. The van der Waals surface area contributed by atoms with Crippen LogP contribution in [0.15, 0.2) is 24.3 Å². The molecule has 0 fully saturated rings. The predicted molar refractivity (Wildman–Crippen MR) is 109 cm³/mol. The second-order valence-corrected chi connectivity index (χ2v) is 7.65. The van der Waals surface area contributed by atoms with Crippen molar-refractivity contribution in [3.63, 3.8) is 0 Å². The van der Waals surface area contributed by atoms with Gasteiger partial charge in [-0.15, -0.1) is 11.3 Å². The van der Waals surface area contributed by atoms with Crippen molar-refractivity contribution in [2.24, 2.45) is 0 Å². The maximum atomic E-state index is 13.8. The van der Waals surface area contributed by atoms with Crippen LogP contribution in [0.4, 0.5) is 19.9 Å². The van der Waals surface area contributed by atoms with E-state index in [-0.39, 0.29) is 16.7 Å². The van der Waals surface area contributed by atoms with Crippen LogP contribution in [-0.2, 0) is 22.5 Å². The van der Waals surface area contributed by atoms with Gasteiger partial charge in [-0.2, -0.15) is 0 Å². The molecule has 1 aliphatic heterocycles. The highest BCUT2D eigenvalue weighted by Gasteiger charge is 2.26. The Labute approximate surface area is 170 Å². The number of hydrogen-bond acceptors (Lipinski definition) is 5. The van der Waals surface area contributed by atoms with E-state index in [0.29, 0.717) is 36.8 Å². The Morgan fingerprint density at radius 2 is 2.25 bits per heavy atom. The van der Waals surface area contributed by atoms with Crippen LogP contribution in [0.1, 0.15) is 22.9 Å². The number of benzene rings is 1. The molecule has 3 N–H and O–H groups in total. The van der Waals surface area contributed by atoms with Crippen LogP contribution in [0.25, 0.3) is 6.08 Å². The lowest BCUT2D eigenvalue weighted by molar-refractivity contribution is -0.111. The lowest BCUT2D eigenvalue weighted by atomic mass is 10.1. The van der Waals surface area contributed by atoms with Gasteiger partial charge < -0.3 is 20.7 Å². The van der Waals surface area contributed by atoms with Gasteiger partial charge in [-0.1, -0.05) is 17.7 Å². The molecule has 28 heavy (non-hydrogen) atoms. The van der Waals surface area contributed by atoms with Crippen LogP contribution in [-0.4, -0.2) is 30.1 Å². The third kappa shape index (κ3) is 4.45. The number of carbonyl (C=O) groups is 2. The van der Waals surface area contributed by atoms with E-state index in [1.165, 1.54) is 35.6 Å².